The zero-order valence-electron chi connectivity index (χ0n) is 11.5. The second-order valence-electron chi connectivity index (χ2n) is 4.55. The van der Waals surface area contributed by atoms with E-state index in [9.17, 15) is 13.2 Å². The first-order valence-electron chi connectivity index (χ1n) is 6.35. The van der Waals surface area contributed by atoms with Crippen molar-refractivity contribution in [3.63, 3.8) is 0 Å². The Labute approximate surface area is 128 Å². The molecule has 0 N–H and O–H groups in total. The second-order valence-corrected chi connectivity index (χ2v) is 6.81. The predicted octanol–water partition coefficient (Wildman–Crippen LogP) is 0.214. The SMILES string of the molecule is COC(=O)CN1CCN(S(=O)(=O)c2cccnc2Cl)CC1. The number of sulfonamides is 1. The Balaban J connectivity index is 2.05. The molecule has 0 aliphatic carbocycles. The Kier molecular flexibility index (Phi) is 5.15. The minimum atomic E-state index is -3.65. The molecule has 21 heavy (non-hydrogen) atoms. The highest BCUT2D eigenvalue weighted by Crippen LogP contribution is 2.23. The van der Waals surface area contributed by atoms with Crippen molar-refractivity contribution in [3.8, 4) is 0 Å². The summed E-state index contributed by atoms with van der Waals surface area (Å²) in [5.74, 6) is -0.332. The zero-order chi connectivity index (χ0) is 15.5. The van der Waals surface area contributed by atoms with E-state index in [-0.39, 0.29) is 22.6 Å². The second kappa shape index (κ2) is 6.69. The van der Waals surface area contributed by atoms with Gasteiger partial charge < -0.3 is 4.74 Å². The fraction of sp³-hybridized carbons (Fsp3) is 0.500. The molecule has 0 aromatic carbocycles. The van der Waals surface area contributed by atoms with Gasteiger partial charge in [0.15, 0.2) is 0 Å². The van der Waals surface area contributed by atoms with Crippen molar-refractivity contribution in [1.29, 1.82) is 0 Å². The first-order valence-corrected chi connectivity index (χ1v) is 8.17. The van der Waals surface area contributed by atoms with Gasteiger partial charge in [-0.25, -0.2) is 13.4 Å². The molecule has 116 valence electrons. The van der Waals surface area contributed by atoms with Crippen LogP contribution in [0.5, 0.6) is 0 Å². The molecule has 1 aliphatic heterocycles. The lowest BCUT2D eigenvalue weighted by Crippen LogP contribution is -2.49. The van der Waals surface area contributed by atoms with E-state index < -0.39 is 10.0 Å². The highest BCUT2D eigenvalue weighted by Gasteiger charge is 2.30. The number of halogens is 1. The number of piperazine rings is 1. The molecule has 0 bridgehead atoms. The van der Waals surface area contributed by atoms with Crippen LogP contribution >= 0.6 is 11.6 Å². The van der Waals surface area contributed by atoms with E-state index in [4.69, 9.17) is 11.6 Å². The van der Waals surface area contributed by atoms with Crippen molar-refractivity contribution in [3.05, 3.63) is 23.5 Å². The molecule has 0 spiro atoms. The molecular formula is C12H16ClN3O4S. The fourth-order valence-corrected chi connectivity index (χ4v) is 3.93. The van der Waals surface area contributed by atoms with Gasteiger partial charge in [0, 0.05) is 32.4 Å². The van der Waals surface area contributed by atoms with Gasteiger partial charge >= 0.3 is 5.97 Å². The molecule has 2 rings (SSSR count). The van der Waals surface area contributed by atoms with Crippen LogP contribution in [0.1, 0.15) is 0 Å². The highest BCUT2D eigenvalue weighted by atomic mass is 35.5. The number of methoxy groups -OCH3 is 1. The average Bonchev–Trinajstić information content (AvgIpc) is 2.48. The maximum absolute atomic E-state index is 12.5. The van der Waals surface area contributed by atoms with Gasteiger partial charge in [0.05, 0.1) is 13.7 Å². The van der Waals surface area contributed by atoms with Crippen LogP contribution in [-0.2, 0) is 19.6 Å². The predicted molar refractivity (Wildman–Crippen MR) is 76.5 cm³/mol. The molecular weight excluding hydrogens is 318 g/mol. The molecule has 0 radical (unpaired) electrons. The molecule has 2 heterocycles. The third kappa shape index (κ3) is 3.70. The molecule has 1 saturated heterocycles. The molecule has 1 aliphatic rings. The maximum atomic E-state index is 12.5. The van der Waals surface area contributed by atoms with Crippen LogP contribution in [0.2, 0.25) is 5.15 Å². The van der Waals surface area contributed by atoms with Crippen LogP contribution in [0.3, 0.4) is 0 Å². The largest absolute Gasteiger partial charge is 0.468 e. The molecule has 0 amide bonds. The number of ether oxygens (including phenoxy) is 1. The molecule has 9 heteroatoms. The number of hydrogen-bond acceptors (Lipinski definition) is 6. The summed E-state index contributed by atoms with van der Waals surface area (Å²) in [7, 11) is -2.33. The smallest absolute Gasteiger partial charge is 0.319 e. The van der Waals surface area contributed by atoms with E-state index >= 15 is 0 Å². The zero-order valence-corrected chi connectivity index (χ0v) is 13.1. The number of carbonyl (C=O) groups is 1. The summed E-state index contributed by atoms with van der Waals surface area (Å²) in [5, 5.41) is -0.0329. The molecule has 0 atom stereocenters. The van der Waals surface area contributed by atoms with Crippen LogP contribution in [0.15, 0.2) is 23.2 Å². The van der Waals surface area contributed by atoms with E-state index in [1.807, 2.05) is 4.90 Å². The maximum Gasteiger partial charge on any atom is 0.319 e. The monoisotopic (exact) mass is 333 g/mol. The number of rotatable bonds is 4. The van der Waals surface area contributed by atoms with Crippen LogP contribution in [0, 0.1) is 0 Å². The molecule has 1 aromatic rings. The van der Waals surface area contributed by atoms with Crippen LogP contribution in [-0.4, -0.2) is 68.4 Å². The van der Waals surface area contributed by atoms with Gasteiger partial charge in [0.2, 0.25) is 10.0 Å². The Bertz CT molecular complexity index is 615. The number of pyridine rings is 1. The minimum Gasteiger partial charge on any atom is -0.468 e. The first-order chi connectivity index (χ1) is 9.95. The van der Waals surface area contributed by atoms with Gasteiger partial charge in [0.25, 0.3) is 0 Å². The summed E-state index contributed by atoms with van der Waals surface area (Å²) in [6.07, 6.45) is 1.44. The molecule has 0 saturated carbocycles. The van der Waals surface area contributed by atoms with Crippen molar-refractivity contribution in [2.75, 3.05) is 39.8 Å². The van der Waals surface area contributed by atoms with Gasteiger partial charge in [0.1, 0.15) is 10.0 Å². The van der Waals surface area contributed by atoms with E-state index in [0.29, 0.717) is 26.2 Å². The van der Waals surface area contributed by atoms with Crippen LogP contribution in [0.25, 0.3) is 0 Å². The summed E-state index contributed by atoms with van der Waals surface area (Å²) in [4.78, 5) is 16.9. The van der Waals surface area contributed by atoms with E-state index in [0.717, 1.165) is 0 Å². The lowest BCUT2D eigenvalue weighted by Gasteiger charge is -2.33. The third-order valence-corrected chi connectivity index (χ3v) is 5.60. The topological polar surface area (TPSA) is 79.8 Å². The van der Waals surface area contributed by atoms with Crippen molar-refractivity contribution in [2.24, 2.45) is 0 Å². The lowest BCUT2D eigenvalue weighted by atomic mass is 10.3. The molecule has 1 aromatic heterocycles. The van der Waals surface area contributed by atoms with E-state index in [1.54, 1.807) is 0 Å². The number of hydrogen-bond donors (Lipinski definition) is 0. The average molecular weight is 334 g/mol. The Hall–Kier alpha value is -1.22. The molecule has 0 unspecified atom stereocenters. The van der Waals surface area contributed by atoms with Crippen LogP contribution < -0.4 is 0 Å². The fourth-order valence-electron chi connectivity index (χ4n) is 2.08. The summed E-state index contributed by atoms with van der Waals surface area (Å²) < 4.78 is 30.9. The standard InChI is InChI=1S/C12H16ClN3O4S/c1-20-11(17)9-15-5-7-16(8-6-15)21(18,19)10-3-2-4-14-12(10)13/h2-4H,5-9H2,1H3. The summed E-state index contributed by atoms with van der Waals surface area (Å²) in [5.41, 5.74) is 0. The van der Waals surface area contributed by atoms with Gasteiger partial charge in [-0.15, -0.1) is 0 Å². The summed E-state index contributed by atoms with van der Waals surface area (Å²) >= 11 is 5.86. The Morgan fingerprint density at radius 3 is 2.62 bits per heavy atom. The summed E-state index contributed by atoms with van der Waals surface area (Å²) in [6.45, 7) is 1.69. The van der Waals surface area contributed by atoms with Gasteiger partial charge in [-0.3, -0.25) is 9.69 Å². The third-order valence-electron chi connectivity index (χ3n) is 3.25. The molecule has 1 fully saturated rings. The van der Waals surface area contributed by atoms with E-state index in [1.165, 1.54) is 29.7 Å². The van der Waals surface area contributed by atoms with E-state index in [2.05, 4.69) is 9.72 Å². The minimum absolute atomic E-state index is 0.00749. The number of carbonyl (C=O) groups excluding carboxylic acids is 1. The number of nitrogens with zero attached hydrogens (tertiary/aromatic N) is 3. The van der Waals surface area contributed by atoms with Crippen molar-refractivity contribution >= 4 is 27.6 Å². The normalized spacial score (nSPS) is 17.6. The van der Waals surface area contributed by atoms with Gasteiger partial charge in [-0.05, 0) is 12.1 Å². The summed E-state index contributed by atoms with van der Waals surface area (Å²) in [6, 6.07) is 2.97. The van der Waals surface area contributed by atoms with Crippen LogP contribution in [0.4, 0.5) is 0 Å². The first kappa shape index (κ1) is 16.2. The number of esters is 1. The number of aromatic nitrogens is 1. The van der Waals surface area contributed by atoms with Crippen molar-refractivity contribution in [2.45, 2.75) is 4.90 Å². The Morgan fingerprint density at radius 1 is 1.38 bits per heavy atom. The van der Waals surface area contributed by atoms with Gasteiger partial charge in [-0.2, -0.15) is 4.31 Å². The Morgan fingerprint density at radius 2 is 2.05 bits per heavy atom. The van der Waals surface area contributed by atoms with Crippen molar-refractivity contribution < 1.29 is 17.9 Å². The lowest BCUT2D eigenvalue weighted by molar-refractivity contribution is -0.142. The van der Waals surface area contributed by atoms with Crippen molar-refractivity contribution in [1.82, 2.24) is 14.2 Å². The molecule has 7 nitrogen and oxygen atoms in total. The quantitative estimate of drug-likeness (QED) is 0.579. The highest BCUT2D eigenvalue weighted by molar-refractivity contribution is 7.89. The van der Waals surface area contributed by atoms with Gasteiger partial charge in [-0.1, -0.05) is 11.6 Å².